The van der Waals surface area contributed by atoms with Crippen LogP contribution < -0.4 is 11.1 Å². The average molecular weight is 278 g/mol. The van der Waals surface area contributed by atoms with Crippen LogP contribution in [0.5, 0.6) is 0 Å². The Hall–Kier alpha value is -1.36. The summed E-state index contributed by atoms with van der Waals surface area (Å²) < 4.78 is 0. The second kappa shape index (κ2) is 6.88. The molecule has 2 rings (SSSR count). The van der Waals surface area contributed by atoms with Crippen molar-refractivity contribution in [3.63, 3.8) is 0 Å². The minimum atomic E-state index is -0.0316. The Labute approximate surface area is 120 Å². The molecule has 112 valence electrons. The lowest BCUT2D eigenvalue weighted by Gasteiger charge is -2.36. The second-order valence-corrected chi connectivity index (χ2v) is 5.94. The predicted octanol–water partition coefficient (Wildman–Crippen LogP) is 2.28. The Bertz CT molecular complexity index is 410. The van der Waals surface area contributed by atoms with Crippen molar-refractivity contribution in [1.82, 2.24) is 15.3 Å². The number of amides is 1. The first kappa shape index (κ1) is 15.0. The molecular weight excluding hydrogens is 252 g/mol. The van der Waals surface area contributed by atoms with Crippen molar-refractivity contribution in [2.24, 2.45) is 11.1 Å². The van der Waals surface area contributed by atoms with Crippen molar-refractivity contribution in [3.8, 4) is 0 Å². The molecule has 1 aromatic rings. The third kappa shape index (κ3) is 3.60. The molecule has 1 heterocycles. The van der Waals surface area contributed by atoms with Crippen molar-refractivity contribution in [2.45, 2.75) is 57.9 Å². The number of nitrogens with one attached hydrogen (secondary N) is 2. The van der Waals surface area contributed by atoms with Gasteiger partial charge in [0.15, 0.2) is 0 Å². The summed E-state index contributed by atoms with van der Waals surface area (Å²) in [6.45, 7) is 2.66. The molecule has 0 aliphatic heterocycles. The van der Waals surface area contributed by atoms with Crippen LogP contribution in [0, 0.1) is 5.41 Å². The quantitative estimate of drug-likeness (QED) is 0.746. The number of imidazole rings is 1. The molecule has 5 heteroatoms. The van der Waals surface area contributed by atoms with Gasteiger partial charge >= 0.3 is 0 Å². The molecule has 0 aromatic carbocycles. The Balaban J connectivity index is 1.93. The van der Waals surface area contributed by atoms with E-state index < -0.39 is 0 Å². The number of aromatic nitrogens is 2. The minimum Gasteiger partial charge on any atom is -0.347 e. The number of hydrogen-bond donors (Lipinski definition) is 3. The molecule has 1 atom stereocenters. The van der Waals surface area contributed by atoms with Gasteiger partial charge in [-0.15, -0.1) is 0 Å². The lowest BCUT2D eigenvalue weighted by Crippen LogP contribution is -2.39. The van der Waals surface area contributed by atoms with E-state index in [9.17, 15) is 4.79 Å². The smallest absolute Gasteiger partial charge is 0.221 e. The average Bonchev–Trinajstić information content (AvgIpc) is 3.00. The summed E-state index contributed by atoms with van der Waals surface area (Å²) in [6.07, 6.45) is 10.7. The lowest BCUT2D eigenvalue weighted by atomic mass is 9.71. The maximum atomic E-state index is 12.3. The third-order valence-electron chi connectivity index (χ3n) is 4.48. The summed E-state index contributed by atoms with van der Waals surface area (Å²) in [5.41, 5.74) is 5.96. The summed E-state index contributed by atoms with van der Waals surface area (Å²) in [7, 11) is 0. The van der Waals surface area contributed by atoms with E-state index in [2.05, 4.69) is 15.3 Å². The summed E-state index contributed by atoms with van der Waals surface area (Å²) in [5, 5.41) is 3.09. The zero-order valence-corrected chi connectivity index (χ0v) is 12.3. The number of nitrogens with zero attached hydrogens (tertiary/aromatic N) is 1. The highest BCUT2D eigenvalue weighted by Crippen LogP contribution is 2.38. The SMILES string of the molecule is CCC(NC(=O)CC1(CN)CCCCC1)c1ncc[nH]1. The minimum absolute atomic E-state index is 0.0176. The van der Waals surface area contributed by atoms with Gasteiger partial charge in [-0.25, -0.2) is 4.98 Å². The van der Waals surface area contributed by atoms with Gasteiger partial charge in [0, 0.05) is 18.8 Å². The Morgan fingerprint density at radius 3 is 2.80 bits per heavy atom. The van der Waals surface area contributed by atoms with E-state index in [4.69, 9.17) is 5.73 Å². The Morgan fingerprint density at radius 1 is 1.50 bits per heavy atom. The van der Waals surface area contributed by atoms with Crippen LogP contribution >= 0.6 is 0 Å². The number of hydrogen-bond acceptors (Lipinski definition) is 3. The molecule has 1 aliphatic rings. The maximum absolute atomic E-state index is 12.3. The fraction of sp³-hybridized carbons (Fsp3) is 0.733. The van der Waals surface area contributed by atoms with Crippen LogP contribution in [0.2, 0.25) is 0 Å². The molecule has 1 fully saturated rings. The summed E-state index contributed by atoms with van der Waals surface area (Å²) in [6, 6.07) is -0.0316. The molecule has 20 heavy (non-hydrogen) atoms. The number of carbonyl (C=O) groups excluding carboxylic acids is 1. The van der Waals surface area contributed by atoms with Crippen molar-refractivity contribution in [1.29, 1.82) is 0 Å². The van der Waals surface area contributed by atoms with E-state index in [1.165, 1.54) is 19.3 Å². The molecule has 4 N–H and O–H groups in total. The van der Waals surface area contributed by atoms with Gasteiger partial charge in [0.2, 0.25) is 5.91 Å². The van der Waals surface area contributed by atoms with Gasteiger partial charge in [0.1, 0.15) is 5.82 Å². The van der Waals surface area contributed by atoms with Crippen LogP contribution in [-0.2, 0) is 4.79 Å². The summed E-state index contributed by atoms with van der Waals surface area (Å²) in [5.74, 6) is 0.923. The van der Waals surface area contributed by atoms with Gasteiger partial charge in [-0.05, 0) is 31.2 Å². The van der Waals surface area contributed by atoms with Gasteiger partial charge in [-0.3, -0.25) is 4.79 Å². The number of carbonyl (C=O) groups is 1. The molecule has 1 unspecified atom stereocenters. The first-order valence-electron chi connectivity index (χ1n) is 7.68. The zero-order valence-electron chi connectivity index (χ0n) is 12.3. The third-order valence-corrected chi connectivity index (χ3v) is 4.48. The van der Waals surface area contributed by atoms with E-state index in [1.807, 2.05) is 6.92 Å². The molecular formula is C15H26N4O. The van der Waals surface area contributed by atoms with E-state index in [0.29, 0.717) is 13.0 Å². The molecule has 1 aromatic heterocycles. The molecule has 0 bridgehead atoms. The lowest BCUT2D eigenvalue weighted by molar-refractivity contribution is -0.124. The predicted molar refractivity (Wildman–Crippen MR) is 79.0 cm³/mol. The van der Waals surface area contributed by atoms with Gasteiger partial charge in [-0.1, -0.05) is 26.2 Å². The van der Waals surface area contributed by atoms with Crippen molar-refractivity contribution >= 4 is 5.91 Å². The summed E-state index contributed by atoms with van der Waals surface area (Å²) >= 11 is 0. The number of aromatic amines is 1. The summed E-state index contributed by atoms with van der Waals surface area (Å²) in [4.78, 5) is 19.6. The maximum Gasteiger partial charge on any atom is 0.221 e. The highest BCUT2D eigenvalue weighted by molar-refractivity contribution is 5.77. The second-order valence-electron chi connectivity index (χ2n) is 5.94. The highest BCUT2D eigenvalue weighted by atomic mass is 16.1. The first-order chi connectivity index (χ1) is 9.69. The molecule has 1 saturated carbocycles. The van der Waals surface area contributed by atoms with Gasteiger partial charge < -0.3 is 16.0 Å². The molecule has 1 aliphatic carbocycles. The Morgan fingerprint density at radius 2 is 2.25 bits per heavy atom. The van der Waals surface area contributed by atoms with Gasteiger partial charge in [0.05, 0.1) is 6.04 Å². The van der Waals surface area contributed by atoms with Crippen molar-refractivity contribution < 1.29 is 4.79 Å². The number of H-pyrrole nitrogens is 1. The molecule has 0 spiro atoms. The largest absolute Gasteiger partial charge is 0.347 e. The van der Waals surface area contributed by atoms with Crippen LogP contribution in [0.3, 0.4) is 0 Å². The number of nitrogens with two attached hydrogens (primary N) is 1. The normalized spacial score (nSPS) is 19.5. The topological polar surface area (TPSA) is 83.8 Å². The first-order valence-corrected chi connectivity index (χ1v) is 7.68. The monoisotopic (exact) mass is 278 g/mol. The number of rotatable bonds is 6. The standard InChI is InChI=1S/C15H26N4O/c1-2-12(14-17-8-9-18-14)19-13(20)10-15(11-16)6-4-3-5-7-15/h8-9,12H,2-7,10-11,16H2,1H3,(H,17,18)(H,19,20). The fourth-order valence-corrected chi connectivity index (χ4v) is 3.17. The van der Waals surface area contributed by atoms with Crippen LogP contribution in [0.25, 0.3) is 0 Å². The highest BCUT2D eigenvalue weighted by Gasteiger charge is 2.33. The van der Waals surface area contributed by atoms with Crippen LogP contribution in [0.15, 0.2) is 12.4 Å². The molecule has 5 nitrogen and oxygen atoms in total. The molecule has 0 saturated heterocycles. The van der Waals surface area contributed by atoms with Crippen LogP contribution in [0.4, 0.5) is 0 Å². The zero-order chi connectivity index (χ0) is 14.4. The van der Waals surface area contributed by atoms with Crippen molar-refractivity contribution in [3.05, 3.63) is 18.2 Å². The fourth-order valence-electron chi connectivity index (χ4n) is 3.17. The Kier molecular flexibility index (Phi) is 5.17. The van der Waals surface area contributed by atoms with Crippen molar-refractivity contribution in [2.75, 3.05) is 6.54 Å². The molecule has 1 amide bonds. The van der Waals surface area contributed by atoms with Crippen LogP contribution in [0.1, 0.15) is 63.7 Å². The van der Waals surface area contributed by atoms with E-state index in [1.54, 1.807) is 12.4 Å². The van der Waals surface area contributed by atoms with Crippen LogP contribution in [-0.4, -0.2) is 22.4 Å². The van der Waals surface area contributed by atoms with Gasteiger partial charge in [-0.2, -0.15) is 0 Å². The van der Waals surface area contributed by atoms with E-state index in [-0.39, 0.29) is 17.4 Å². The van der Waals surface area contributed by atoms with E-state index >= 15 is 0 Å². The van der Waals surface area contributed by atoms with Gasteiger partial charge in [0.25, 0.3) is 0 Å². The van der Waals surface area contributed by atoms with E-state index in [0.717, 1.165) is 25.1 Å². The molecule has 0 radical (unpaired) electrons.